The van der Waals surface area contributed by atoms with Crippen LogP contribution in [-0.4, -0.2) is 78.2 Å². The van der Waals surface area contributed by atoms with Gasteiger partial charge in [0.25, 0.3) is 0 Å². The second-order valence-electron chi connectivity index (χ2n) is 10.7. The number of fused-ring (bicyclic) bond motifs is 1. The molecule has 4 atom stereocenters. The number of hydrogen-bond acceptors (Lipinski definition) is 8. The predicted octanol–water partition coefficient (Wildman–Crippen LogP) is -0.236. The molecule has 3 rings (SSSR count). The van der Waals surface area contributed by atoms with Gasteiger partial charge in [0.2, 0.25) is 29.5 Å². The van der Waals surface area contributed by atoms with Gasteiger partial charge in [-0.25, -0.2) is 0 Å². The van der Waals surface area contributed by atoms with Crippen LogP contribution in [0.25, 0.3) is 10.8 Å². The van der Waals surface area contributed by atoms with Crippen molar-refractivity contribution in [2.45, 2.75) is 75.5 Å². The van der Waals surface area contributed by atoms with Crippen molar-refractivity contribution in [1.82, 2.24) is 15.5 Å². The molecule has 1 fully saturated rings. The number of primary amides is 2. The first kappa shape index (κ1) is 33.0. The lowest BCUT2D eigenvalue weighted by Crippen LogP contribution is -2.60. The predicted molar refractivity (Wildman–Crippen MR) is 158 cm³/mol. The number of likely N-dealkylation sites (tertiary alicyclic amines) is 1. The molecule has 0 spiro atoms. The number of benzene rings is 2. The lowest BCUT2D eigenvalue weighted by Gasteiger charge is -2.37. The fraction of sp³-hybridized carbons (Fsp3) is 0.467. The van der Waals surface area contributed by atoms with E-state index in [1.54, 1.807) is 0 Å². The van der Waals surface area contributed by atoms with Gasteiger partial charge in [0.1, 0.15) is 18.1 Å². The highest BCUT2D eigenvalue weighted by Gasteiger charge is 2.36. The molecule has 0 aromatic heterocycles. The number of nitrogens with two attached hydrogens (primary N) is 3. The third kappa shape index (κ3) is 9.50. The van der Waals surface area contributed by atoms with E-state index >= 15 is 0 Å². The molecule has 8 N–H and O–H groups in total. The molecular weight excluding hydrogens is 556 g/mol. The first-order chi connectivity index (χ1) is 20.5. The monoisotopic (exact) mass is 596 g/mol. The van der Waals surface area contributed by atoms with Gasteiger partial charge in [-0.2, -0.15) is 0 Å². The average Bonchev–Trinajstić information content (AvgIpc) is 3.00. The Kier molecular flexibility index (Phi) is 12.0. The maximum absolute atomic E-state index is 13.6. The molecule has 1 heterocycles. The zero-order valence-corrected chi connectivity index (χ0v) is 24.3. The van der Waals surface area contributed by atoms with Gasteiger partial charge >= 0.3 is 5.97 Å². The number of methoxy groups -OCH3 is 1. The van der Waals surface area contributed by atoms with E-state index in [4.69, 9.17) is 17.2 Å². The van der Waals surface area contributed by atoms with Crippen LogP contribution in [0.15, 0.2) is 42.5 Å². The smallest absolute Gasteiger partial charge is 0.305 e. The highest BCUT2D eigenvalue weighted by atomic mass is 16.5. The maximum atomic E-state index is 13.6. The summed E-state index contributed by atoms with van der Waals surface area (Å²) in [5, 5.41) is 7.25. The van der Waals surface area contributed by atoms with Crippen LogP contribution in [0.5, 0.6) is 0 Å². The quantitative estimate of drug-likeness (QED) is 0.183. The van der Waals surface area contributed by atoms with Crippen LogP contribution in [0.2, 0.25) is 0 Å². The number of nitrogens with one attached hydrogen (secondary N) is 2. The molecular formula is C30H40N6O7. The van der Waals surface area contributed by atoms with Crippen molar-refractivity contribution in [2.24, 2.45) is 17.2 Å². The van der Waals surface area contributed by atoms with Crippen molar-refractivity contribution in [1.29, 1.82) is 0 Å². The Morgan fingerprint density at radius 2 is 1.65 bits per heavy atom. The zero-order chi connectivity index (χ0) is 31.5. The summed E-state index contributed by atoms with van der Waals surface area (Å²) in [7, 11) is 1.24. The number of ether oxygens (including phenoxy) is 1. The Balaban J connectivity index is 1.82. The van der Waals surface area contributed by atoms with Gasteiger partial charge in [-0.1, -0.05) is 42.5 Å². The molecule has 13 heteroatoms. The van der Waals surface area contributed by atoms with Crippen LogP contribution in [0.4, 0.5) is 0 Å². The van der Waals surface area contributed by atoms with Gasteiger partial charge in [0.15, 0.2) is 0 Å². The Labute approximate surface area is 249 Å². The molecule has 5 amide bonds. The highest BCUT2D eigenvalue weighted by Crippen LogP contribution is 2.21. The van der Waals surface area contributed by atoms with Crippen LogP contribution in [-0.2, 0) is 39.9 Å². The van der Waals surface area contributed by atoms with Gasteiger partial charge in [0, 0.05) is 25.8 Å². The van der Waals surface area contributed by atoms with E-state index in [9.17, 15) is 28.8 Å². The van der Waals surface area contributed by atoms with Gasteiger partial charge in [-0.3, -0.25) is 28.8 Å². The van der Waals surface area contributed by atoms with Crippen LogP contribution < -0.4 is 27.8 Å². The zero-order valence-electron chi connectivity index (χ0n) is 24.3. The second-order valence-corrected chi connectivity index (χ2v) is 10.7. The summed E-state index contributed by atoms with van der Waals surface area (Å²) in [6.45, 7) is 0.293. The first-order valence-electron chi connectivity index (χ1n) is 14.3. The molecule has 0 unspecified atom stereocenters. The van der Waals surface area contributed by atoms with Gasteiger partial charge in [-0.05, 0) is 48.4 Å². The minimum absolute atomic E-state index is 0.0428. The van der Waals surface area contributed by atoms with E-state index in [1.165, 1.54) is 12.0 Å². The molecule has 1 aliphatic heterocycles. The van der Waals surface area contributed by atoms with E-state index in [0.717, 1.165) is 16.3 Å². The second kappa shape index (κ2) is 15.6. The minimum Gasteiger partial charge on any atom is -0.469 e. The van der Waals surface area contributed by atoms with Crippen molar-refractivity contribution in [3.8, 4) is 0 Å². The summed E-state index contributed by atoms with van der Waals surface area (Å²) in [4.78, 5) is 76.6. The summed E-state index contributed by atoms with van der Waals surface area (Å²) < 4.78 is 4.62. The topological polar surface area (TPSA) is 217 Å². The summed E-state index contributed by atoms with van der Waals surface area (Å²) in [5.41, 5.74) is 17.5. The molecule has 1 aliphatic rings. The molecule has 43 heavy (non-hydrogen) atoms. The van der Waals surface area contributed by atoms with E-state index in [2.05, 4.69) is 15.4 Å². The molecule has 0 aliphatic carbocycles. The van der Waals surface area contributed by atoms with E-state index in [1.807, 2.05) is 42.5 Å². The highest BCUT2D eigenvalue weighted by molar-refractivity contribution is 5.95. The number of carbonyl (C=O) groups excluding carboxylic acids is 6. The molecule has 1 saturated heterocycles. The van der Waals surface area contributed by atoms with Gasteiger partial charge in [0.05, 0.1) is 13.2 Å². The molecule has 0 bridgehead atoms. The summed E-state index contributed by atoms with van der Waals surface area (Å²) in [5.74, 6) is -3.72. The first-order valence-corrected chi connectivity index (χ1v) is 14.3. The Hall–Kier alpha value is -4.52. The summed E-state index contributed by atoms with van der Waals surface area (Å²) >= 11 is 0. The fourth-order valence-electron chi connectivity index (χ4n) is 5.10. The Morgan fingerprint density at radius 3 is 2.33 bits per heavy atom. The van der Waals surface area contributed by atoms with Crippen LogP contribution in [0, 0.1) is 0 Å². The number of amides is 5. The lowest BCUT2D eigenvalue weighted by molar-refractivity contribution is -0.145. The molecule has 2 aromatic rings. The minimum atomic E-state index is -1.18. The SMILES string of the molecule is COC(=O)CC[C@H](N)C(=O)N1CCCC[C@H]1C(=O)N[C@@H](Cc1ccc2ccccc2c1)C(=O)N[C@@H](CCC(N)=O)C(N)=O. The third-order valence-corrected chi connectivity index (χ3v) is 7.52. The molecule has 0 radical (unpaired) electrons. The van der Waals surface area contributed by atoms with Crippen molar-refractivity contribution >= 4 is 46.3 Å². The van der Waals surface area contributed by atoms with Crippen molar-refractivity contribution in [3.05, 3.63) is 48.0 Å². The molecule has 13 nitrogen and oxygen atoms in total. The standard InChI is InChI=1S/C30H40N6O7/c1-43-26(38)14-11-21(31)30(42)36-15-5-4-8-24(36)29(41)35-23(28(40)34-22(27(33)39)12-13-25(32)37)17-18-9-10-19-6-2-3-7-20(19)16-18/h2-3,6-7,9-10,16,21-24H,4-5,8,11-15,17,31H2,1H3,(H2,32,37)(H2,33,39)(H,34,40)(H,35,41)/t21-,22-,23-,24-/m0/s1. The average molecular weight is 597 g/mol. The number of piperidine rings is 1. The number of hydrogen-bond donors (Lipinski definition) is 5. The lowest BCUT2D eigenvalue weighted by atomic mass is 9.97. The van der Waals surface area contributed by atoms with E-state index in [-0.39, 0.29) is 32.1 Å². The molecule has 2 aromatic carbocycles. The van der Waals surface area contributed by atoms with E-state index < -0.39 is 59.7 Å². The number of nitrogens with zero attached hydrogens (tertiary/aromatic N) is 1. The largest absolute Gasteiger partial charge is 0.469 e. The number of rotatable bonds is 14. The number of esters is 1. The van der Waals surface area contributed by atoms with Crippen molar-refractivity contribution in [2.75, 3.05) is 13.7 Å². The molecule has 232 valence electrons. The van der Waals surface area contributed by atoms with Crippen molar-refractivity contribution in [3.63, 3.8) is 0 Å². The summed E-state index contributed by atoms with van der Waals surface area (Å²) in [6.07, 6.45) is 1.52. The number of carbonyl (C=O) groups is 6. The fourth-order valence-corrected chi connectivity index (χ4v) is 5.10. The van der Waals surface area contributed by atoms with Gasteiger partial charge < -0.3 is 37.5 Å². The van der Waals surface area contributed by atoms with Crippen molar-refractivity contribution < 1.29 is 33.5 Å². The van der Waals surface area contributed by atoms with Crippen LogP contribution in [0.3, 0.4) is 0 Å². The van der Waals surface area contributed by atoms with Crippen LogP contribution >= 0.6 is 0 Å². The van der Waals surface area contributed by atoms with Crippen LogP contribution in [0.1, 0.15) is 50.5 Å². The normalized spacial score (nSPS) is 16.9. The maximum Gasteiger partial charge on any atom is 0.305 e. The Morgan fingerprint density at radius 1 is 0.930 bits per heavy atom. The van der Waals surface area contributed by atoms with E-state index in [0.29, 0.717) is 25.8 Å². The Bertz CT molecular complexity index is 1350. The van der Waals surface area contributed by atoms with Gasteiger partial charge in [-0.15, -0.1) is 0 Å². The molecule has 0 saturated carbocycles. The third-order valence-electron chi connectivity index (χ3n) is 7.52. The summed E-state index contributed by atoms with van der Waals surface area (Å²) in [6, 6.07) is 9.09.